The van der Waals surface area contributed by atoms with Crippen molar-refractivity contribution in [2.45, 2.75) is 38.0 Å². The van der Waals surface area contributed by atoms with Gasteiger partial charge in [-0.15, -0.1) is 0 Å². The summed E-state index contributed by atoms with van der Waals surface area (Å²) in [6.07, 6.45) is -9.27. The number of carbonyl (C=O) groups excluding carboxylic acids is 4. The van der Waals surface area contributed by atoms with Gasteiger partial charge in [0, 0.05) is 11.5 Å². The van der Waals surface area contributed by atoms with E-state index in [2.05, 4.69) is 0 Å². The molecule has 2 aliphatic carbocycles. The SMILES string of the molecule is CC12C(=O)N(c3ccc(F)c(Cl)c3)C(=O)C1CC1C(=CCC3C(=O)N(c4cc(C(F)(F)F)cc(C(F)(F)F)c4)C(=O)C31)C2c1c(O)ccc2ccccc12. The number of anilines is 2. The van der Waals surface area contributed by atoms with Crippen molar-refractivity contribution in [1.82, 2.24) is 0 Å². The summed E-state index contributed by atoms with van der Waals surface area (Å²) in [5.41, 5.74) is -5.36. The van der Waals surface area contributed by atoms with Gasteiger partial charge in [-0.25, -0.2) is 14.2 Å². The van der Waals surface area contributed by atoms with Crippen molar-refractivity contribution in [2.75, 3.05) is 9.80 Å². The number of hydrogen-bond acceptors (Lipinski definition) is 5. The average Bonchev–Trinajstić information content (AvgIpc) is 3.48. The lowest BCUT2D eigenvalue weighted by Crippen LogP contribution is -2.49. The average molecular weight is 771 g/mol. The Morgan fingerprint density at radius 3 is 2.09 bits per heavy atom. The van der Waals surface area contributed by atoms with Gasteiger partial charge in [0.1, 0.15) is 11.6 Å². The Morgan fingerprint density at radius 2 is 1.44 bits per heavy atom. The van der Waals surface area contributed by atoms with Gasteiger partial charge >= 0.3 is 12.4 Å². The lowest BCUT2D eigenvalue weighted by molar-refractivity contribution is -0.143. The maximum absolute atomic E-state index is 14.7. The highest BCUT2D eigenvalue weighted by Gasteiger charge is 2.68. The molecule has 1 N–H and O–H groups in total. The summed E-state index contributed by atoms with van der Waals surface area (Å²) >= 11 is 6.04. The van der Waals surface area contributed by atoms with Crippen LogP contribution in [0, 0.1) is 34.9 Å². The van der Waals surface area contributed by atoms with E-state index in [9.17, 15) is 55.0 Å². The number of fused-ring (bicyclic) bond motifs is 5. The van der Waals surface area contributed by atoms with Gasteiger partial charge in [-0.05, 0) is 78.9 Å². The van der Waals surface area contributed by atoms with E-state index in [0.29, 0.717) is 33.4 Å². The van der Waals surface area contributed by atoms with Crippen molar-refractivity contribution >= 4 is 57.4 Å². The minimum atomic E-state index is -5.25. The Balaban J connectivity index is 1.30. The van der Waals surface area contributed by atoms with Crippen LogP contribution in [-0.4, -0.2) is 28.7 Å². The molecule has 278 valence electrons. The number of carbonyl (C=O) groups is 4. The molecule has 15 heteroatoms. The molecule has 4 aromatic carbocycles. The van der Waals surface area contributed by atoms with E-state index in [4.69, 9.17) is 11.6 Å². The molecule has 0 bridgehead atoms. The van der Waals surface area contributed by atoms with Crippen LogP contribution in [0.15, 0.2) is 84.4 Å². The number of hydrogen-bond donors (Lipinski definition) is 1. The van der Waals surface area contributed by atoms with E-state index in [1.54, 1.807) is 43.3 Å². The van der Waals surface area contributed by atoms with E-state index >= 15 is 0 Å². The number of allylic oxidation sites excluding steroid dienone is 2. The van der Waals surface area contributed by atoms with Crippen molar-refractivity contribution in [3.8, 4) is 5.75 Å². The summed E-state index contributed by atoms with van der Waals surface area (Å²) in [6, 6.07) is 13.8. The van der Waals surface area contributed by atoms with Crippen LogP contribution in [0.5, 0.6) is 5.75 Å². The largest absolute Gasteiger partial charge is 0.508 e. The second-order valence-corrected chi connectivity index (χ2v) is 14.7. The molecule has 4 aliphatic rings. The molecule has 2 heterocycles. The highest BCUT2D eigenvalue weighted by molar-refractivity contribution is 6.32. The Morgan fingerprint density at radius 1 is 0.778 bits per heavy atom. The van der Waals surface area contributed by atoms with Crippen LogP contribution in [0.4, 0.5) is 42.1 Å². The molecule has 3 fully saturated rings. The summed E-state index contributed by atoms with van der Waals surface area (Å²) < 4.78 is 97.2. The predicted octanol–water partition coefficient (Wildman–Crippen LogP) is 8.81. The van der Waals surface area contributed by atoms with Crippen LogP contribution >= 0.6 is 11.6 Å². The fraction of sp³-hybridized carbons (Fsp3) is 0.282. The molecular formula is C39H26ClF7N2O5. The fourth-order valence-electron chi connectivity index (χ4n) is 9.10. The molecule has 4 aromatic rings. The Hall–Kier alpha value is -5.24. The minimum Gasteiger partial charge on any atom is -0.508 e. The highest BCUT2D eigenvalue weighted by Crippen LogP contribution is 2.65. The maximum atomic E-state index is 14.7. The number of amides is 4. The first-order valence-electron chi connectivity index (χ1n) is 16.7. The van der Waals surface area contributed by atoms with Gasteiger partial charge in [0.25, 0.3) is 0 Å². The first kappa shape index (κ1) is 35.8. The van der Waals surface area contributed by atoms with Crippen LogP contribution in [0.1, 0.15) is 42.4 Å². The second kappa shape index (κ2) is 11.9. The van der Waals surface area contributed by atoms with Gasteiger partial charge in [0.2, 0.25) is 23.6 Å². The molecule has 0 spiro atoms. The summed E-state index contributed by atoms with van der Waals surface area (Å²) in [6.45, 7) is 1.55. The standard InChI is InChI=1S/C39H26ClF7N2O5/c1-37-26(34(52)49(36(37)54)20-7-10-28(41)27(40)15-20)16-25-23(32(37)31-22-5-3-2-4-17(22)6-11-29(31)50)8-9-24-30(25)35(53)48(33(24)51)21-13-18(38(42,43)44)12-19(14-21)39(45,46)47/h2-8,10-15,24-26,30,32,50H,9,16H2,1H3. The molecule has 2 aliphatic heterocycles. The topological polar surface area (TPSA) is 95.0 Å². The first-order chi connectivity index (χ1) is 25.3. The molecule has 54 heavy (non-hydrogen) atoms. The lowest BCUT2D eigenvalue weighted by Gasteiger charge is -2.49. The number of benzene rings is 4. The Bertz CT molecular complexity index is 2340. The lowest BCUT2D eigenvalue weighted by atomic mass is 9.51. The molecule has 1 saturated carbocycles. The van der Waals surface area contributed by atoms with Crippen LogP contribution < -0.4 is 9.80 Å². The number of alkyl halides is 6. The molecule has 6 unspecified atom stereocenters. The van der Waals surface area contributed by atoms with E-state index < -0.39 is 93.6 Å². The molecular weight excluding hydrogens is 745 g/mol. The maximum Gasteiger partial charge on any atom is 0.416 e. The molecule has 2 saturated heterocycles. The van der Waals surface area contributed by atoms with E-state index in [-0.39, 0.29) is 40.9 Å². The number of aromatic hydroxyl groups is 1. The molecule has 8 rings (SSSR count). The second-order valence-electron chi connectivity index (χ2n) is 14.3. The predicted molar refractivity (Wildman–Crippen MR) is 181 cm³/mol. The zero-order chi connectivity index (χ0) is 38.8. The highest BCUT2D eigenvalue weighted by atomic mass is 35.5. The molecule has 0 aromatic heterocycles. The van der Waals surface area contributed by atoms with Crippen molar-refractivity contribution in [3.05, 3.63) is 112 Å². The van der Waals surface area contributed by atoms with Crippen molar-refractivity contribution in [1.29, 1.82) is 0 Å². The first-order valence-corrected chi connectivity index (χ1v) is 17.1. The molecule has 6 atom stereocenters. The van der Waals surface area contributed by atoms with Crippen molar-refractivity contribution < 1.29 is 55.0 Å². The number of nitrogens with zero attached hydrogens (tertiary/aromatic N) is 2. The smallest absolute Gasteiger partial charge is 0.416 e. The van der Waals surface area contributed by atoms with Crippen LogP contribution in [0.2, 0.25) is 5.02 Å². The van der Waals surface area contributed by atoms with Gasteiger partial charge in [0.05, 0.1) is 50.7 Å². The molecule has 0 radical (unpaired) electrons. The number of rotatable bonds is 3. The van der Waals surface area contributed by atoms with Crippen molar-refractivity contribution in [3.63, 3.8) is 0 Å². The third-order valence-electron chi connectivity index (χ3n) is 11.5. The Kier molecular flexibility index (Phi) is 7.87. The van der Waals surface area contributed by atoms with E-state index in [1.807, 2.05) is 0 Å². The molecule has 7 nitrogen and oxygen atoms in total. The van der Waals surface area contributed by atoms with Gasteiger partial charge in [-0.2, -0.15) is 26.3 Å². The number of halogens is 8. The fourth-order valence-corrected chi connectivity index (χ4v) is 9.28. The van der Waals surface area contributed by atoms with Gasteiger partial charge in [0.15, 0.2) is 0 Å². The van der Waals surface area contributed by atoms with Gasteiger partial charge < -0.3 is 5.11 Å². The van der Waals surface area contributed by atoms with Gasteiger partial charge in [-0.1, -0.05) is 53.6 Å². The summed E-state index contributed by atoms with van der Waals surface area (Å²) in [7, 11) is 0. The zero-order valence-electron chi connectivity index (χ0n) is 27.8. The Labute approximate surface area is 306 Å². The number of phenols is 1. The summed E-state index contributed by atoms with van der Waals surface area (Å²) in [4.78, 5) is 58.7. The monoisotopic (exact) mass is 770 g/mol. The number of imide groups is 2. The minimum absolute atomic E-state index is 0.0361. The quantitative estimate of drug-likeness (QED) is 0.128. The summed E-state index contributed by atoms with van der Waals surface area (Å²) in [5.74, 6) is -10.5. The summed E-state index contributed by atoms with van der Waals surface area (Å²) in [5, 5.41) is 12.3. The van der Waals surface area contributed by atoms with Crippen molar-refractivity contribution in [2.24, 2.45) is 29.1 Å². The molecule has 4 amide bonds. The normalized spacial score (nSPS) is 27.0. The van der Waals surface area contributed by atoms with E-state index in [1.165, 1.54) is 12.1 Å². The van der Waals surface area contributed by atoms with Crippen LogP contribution in [0.3, 0.4) is 0 Å². The van der Waals surface area contributed by atoms with Crippen LogP contribution in [-0.2, 0) is 31.5 Å². The van der Waals surface area contributed by atoms with Gasteiger partial charge in [-0.3, -0.25) is 19.2 Å². The van der Waals surface area contributed by atoms with Crippen LogP contribution in [0.25, 0.3) is 10.8 Å². The number of phenolic OH excluding ortho intramolecular Hbond substituents is 1. The third-order valence-corrected chi connectivity index (χ3v) is 11.8. The zero-order valence-corrected chi connectivity index (χ0v) is 28.6. The van der Waals surface area contributed by atoms with E-state index in [0.717, 1.165) is 17.0 Å². The third kappa shape index (κ3) is 5.09.